The lowest BCUT2D eigenvalue weighted by Crippen LogP contribution is -3.00. The second kappa shape index (κ2) is 4.23. The van der Waals surface area contributed by atoms with Crippen molar-refractivity contribution in [2.24, 2.45) is 0 Å². The Morgan fingerprint density at radius 2 is 1.80 bits per heavy atom. The standard InChI is InChI=1S/C10H13N4.ClH/c1-8-13(11)7-10(14(8)12)9-5-3-2-4-6-9;/h2-7H,11-12H2,1H3;1H/q+1;/p-1. The Morgan fingerprint density at radius 3 is 2.27 bits per heavy atom. The van der Waals surface area contributed by atoms with Gasteiger partial charge in [0.25, 0.3) is 5.82 Å². The highest BCUT2D eigenvalue weighted by atomic mass is 35.5. The molecule has 0 fully saturated rings. The van der Waals surface area contributed by atoms with Gasteiger partial charge in [0.15, 0.2) is 6.20 Å². The number of nitrogen functional groups attached to an aromatic ring is 2. The molecule has 15 heavy (non-hydrogen) atoms. The van der Waals surface area contributed by atoms with E-state index in [-0.39, 0.29) is 12.4 Å². The lowest BCUT2D eigenvalue weighted by Gasteiger charge is -1.95. The minimum Gasteiger partial charge on any atom is -1.00 e. The number of nitrogens with zero attached hydrogens (tertiary/aromatic N) is 2. The molecule has 0 spiro atoms. The van der Waals surface area contributed by atoms with E-state index in [1.54, 1.807) is 4.68 Å². The van der Waals surface area contributed by atoms with Crippen LogP contribution < -0.4 is 28.8 Å². The molecule has 2 rings (SSSR count). The van der Waals surface area contributed by atoms with Gasteiger partial charge in [-0.1, -0.05) is 30.3 Å². The molecule has 0 atom stereocenters. The molecule has 0 amide bonds. The van der Waals surface area contributed by atoms with Crippen molar-refractivity contribution in [3.63, 3.8) is 0 Å². The van der Waals surface area contributed by atoms with E-state index in [1.807, 2.05) is 43.5 Å². The summed E-state index contributed by atoms with van der Waals surface area (Å²) in [4.78, 5) is 0. The highest BCUT2D eigenvalue weighted by Crippen LogP contribution is 2.16. The number of hydrogen-bond donors (Lipinski definition) is 2. The smallest absolute Gasteiger partial charge is 0.300 e. The minimum atomic E-state index is 0. The molecule has 1 aromatic carbocycles. The van der Waals surface area contributed by atoms with Crippen molar-refractivity contribution < 1.29 is 17.1 Å². The highest BCUT2D eigenvalue weighted by molar-refractivity contribution is 5.58. The van der Waals surface area contributed by atoms with Crippen molar-refractivity contribution in [1.29, 1.82) is 0 Å². The Labute approximate surface area is 94.5 Å². The normalized spacial score (nSPS) is 9.67. The van der Waals surface area contributed by atoms with Gasteiger partial charge in [0.05, 0.1) is 0 Å². The van der Waals surface area contributed by atoms with Crippen LogP contribution >= 0.6 is 0 Å². The van der Waals surface area contributed by atoms with Crippen LogP contribution in [0.2, 0.25) is 0 Å². The minimum absolute atomic E-state index is 0. The van der Waals surface area contributed by atoms with Crippen molar-refractivity contribution in [2.45, 2.75) is 6.92 Å². The number of nitrogens with two attached hydrogens (primary N) is 2. The Morgan fingerprint density at radius 1 is 1.20 bits per heavy atom. The predicted octanol–water partition coefficient (Wildman–Crippen LogP) is -2.82. The summed E-state index contributed by atoms with van der Waals surface area (Å²) < 4.78 is 3.09. The molecule has 0 unspecified atom stereocenters. The van der Waals surface area contributed by atoms with Crippen LogP contribution in [-0.4, -0.2) is 4.68 Å². The third-order valence-corrected chi connectivity index (χ3v) is 2.31. The first-order valence-corrected chi connectivity index (χ1v) is 4.39. The summed E-state index contributed by atoms with van der Waals surface area (Å²) in [6, 6.07) is 9.91. The number of imidazole rings is 1. The summed E-state index contributed by atoms with van der Waals surface area (Å²) in [6.07, 6.45) is 1.81. The topological polar surface area (TPSA) is 60.8 Å². The SMILES string of the molecule is Cc1n(N)c(-c2ccccc2)c[n+]1N.[Cl-]. The molecule has 4 nitrogen and oxygen atoms in total. The maximum absolute atomic E-state index is 5.85. The van der Waals surface area contributed by atoms with Gasteiger partial charge < -0.3 is 12.4 Å². The fourth-order valence-corrected chi connectivity index (χ4v) is 1.41. The molecule has 0 saturated heterocycles. The molecule has 5 heteroatoms. The van der Waals surface area contributed by atoms with E-state index in [9.17, 15) is 0 Å². The average Bonchev–Trinajstić information content (AvgIpc) is 2.47. The van der Waals surface area contributed by atoms with Crippen LogP contribution in [0.3, 0.4) is 0 Å². The van der Waals surface area contributed by atoms with E-state index in [2.05, 4.69) is 0 Å². The lowest BCUT2D eigenvalue weighted by atomic mass is 10.2. The fourth-order valence-electron chi connectivity index (χ4n) is 1.41. The summed E-state index contributed by atoms with van der Waals surface area (Å²) in [5, 5.41) is 0. The Hall–Kier alpha value is -1.68. The molecule has 4 N–H and O–H groups in total. The van der Waals surface area contributed by atoms with Crippen molar-refractivity contribution in [1.82, 2.24) is 4.68 Å². The number of hydrogen-bond acceptors (Lipinski definition) is 2. The second-order valence-corrected chi connectivity index (χ2v) is 3.20. The van der Waals surface area contributed by atoms with E-state index < -0.39 is 0 Å². The summed E-state index contributed by atoms with van der Waals surface area (Å²) in [5.41, 5.74) is 1.97. The molecule has 1 heterocycles. The van der Waals surface area contributed by atoms with Gasteiger partial charge in [-0.2, -0.15) is 0 Å². The van der Waals surface area contributed by atoms with E-state index in [0.717, 1.165) is 17.1 Å². The quantitative estimate of drug-likeness (QED) is 0.406. The first-order valence-electron chi connectivity index (χ1n) is 4.39. The zero-order valence-corrected chi connectivity index (χ0v) is 9.15. The van der Waals surface area contributed by atoms with Crippen LogP contribution in [-0.2, 0) is 0 Å². The number of halogens is 1. The second-order valence-electron chi connectivity index (χ2n) is 3.20. The van der Waals surface area contributed by atoms with Gasteiger partial charge in [0.2, 0.25) is 5.69 Å². The largest absolute Gasteiger partial charge is 1.00 e. The van der Waals surface area contributed by atoms with E-state index in [0.29, 0.717) is 0 Å². The van der Waals surface area contributed by atoms with Crippen LogP contribution in [0, 0.1) is 6.92 Å². The number of aromatic nitrogens is 2. The maximum Gasteiger partial charge on any atom is 0.300 e. The van der Waals surface area contributed by atoms with Gasteiger partial charge in [-0.15, -0.1) is 9.35 Å². The predicted molar refractivity (Wildman–Crippen MR) is 55.1 cm³/mol. The Kier molecular flexibility index (Phi) is 3.21. The maximum atomic E-state index is 5.85. The van der Waals surface area contributed by atoms with Crippen molar-refractivity contribution >= 4 is 0 Å². The third kappa shape index (κ3) is 1.89. The van der Waals surface area contributed by atoms with Crippen LogP contribution in [0.5, 0.6) is 0 Å². The van der Waals surface area contributed by atoms with Crippen LogP contribution in [0.4, 0.5) is 0 Å². The van der Waals surface area contributed by atoms with Gasteiger partial charge in [-0.25, -0.2) is 0 Å². The third-order valence-electron chi connectivity index (χ3n) is 2.31. The molecule has 2 aromatic rings. The van der Waals surface area contributed by atoms with Gasteiger partial charge in [-0.05, 0) is 0 Å². The summed E-state index contributed by atoms with van der Waals surface area (Å²) in [5.74, 6) is 12.4. The van der Waals surface area contributed by atoms with Gasteiger partial charge in [0.1, 0.15) is 0 Å². The van der Waals surface area contributed by atoms with Gasteiger partial charge >= 0.3 is 0 Å². The zero-order valence-electron chi connectivity index (χ0n) is 8.39. The molecule has 0 aliphatic rings. The molecular weight excluding hydrogens is 212 g/mol. The van der Waals surface area contributed by atoms with Crippen LogP contribution in [0.25, 0.3) is 11.3 Å². The number of rotatable bonds is 1. The molecule has 0 saturated carbocycles. The van der Waals surface area contributed by atoms with E-state index >= 15 is 0 Å². The zero-order chi connectivity index (χ0) is 10.1. The highest BCUT2D eigenvalue weighted by Gasteiger charge is 2.17. The summed E-state index contributed by atoms with van der Waals surface area (Å²) in [7, 11) is 0. The molecule has 80 valence electrons. The molecular formula is C10H13ClN4. The average molecular weight is 225 g/mol. The van der Waals surface area contributed by atoms with Crippen molar-refractivity contribution in [3.8, 4) is 11.3 Å². The lowest BCUT2D eigenvalue weighted by molar-refractivity contribution is -0.644. The van der Waals surface area contributed by atoms with Crippen LogP contribution in [0.15, 0.2) is 36.5 Å². The van der Waals surface area contributed by atoms with Gasteiger partial charge in [0, 0.05) is 12.5 Å². The number of benzene rings is 1. The van der Waals surface area contributed by atoms with E-state index in [4.69, 9.17) is 11.7 Å². The molecule has 0 bridgehead atoms. The molecule has 0 radical (unpaired) electrons. The van der Waals surface area contributed by atoms with Crippen LogP contribution in [0.1, 0.15) is 5.82 Å². The first kappa shape index (κ1) is 11.4. The van der Waals surface area contributed by atoms with Gasteiger partial charge in [-0.3, -0.25) is 11.7 Å². The first-order chi connectivity index (χ1) is 6.70. The molecule has 0 aliphatic heterocycles. The van der Waals surface area contributed by atoms with Crippen molar-refractivity contribution in [3.05, 3.63) is 42.4 Å². The fraction of sp³-hybridized carbons (Fsp3) is 0.100. The molecule has 0 aliphatic carbocycles. The Bertz CT molecular complexity index is 450. The monoisotopic (exact) mass is 224 g/mol. The summed E-state index contributed by atoms with van der Waals surface area (Å²) in [6.45, 7) is 1.87. The van der Waals surface area contributed by atoms with Crippen molar-refractivity contribution in [2.75, 3.05) is 11.7 Å². The summed E-state index contributed by atoms with van der Waals surface area (Å²) >= 11 is 0. The van der Waals surface area contributed by atoms with E-state index in [1.165, 1.54) is 4.68 Å². The molecule has 1 aromatic heterocycles. The Balaban J connectivity index is 0.00000112.